The molecule has 3 atom stereocenters. The van der Waals surface area contributed by atoms with Crippen molar-refractivity contribution in [3.05, 3.63) is 30.0 Å². The lowest BCUT2D eigenvalue weighted by atomic mass is 9.84. The molecule has 2 aliphatic heterocycles. The minimum atomic E-state index is -0.714. The third kappa shape index (κ3) is 5.03. The molecule has 3 heterocycles. The summed E-state index contributed by atoms with van der Waals surface area (Å²) in [5.41, 5.74) is 1.47. The quantitative estimate of drug-likeness (QED) is 0.629. The summed E-state index contributed by atoms with van der Waals surface area (Å²) in [5.74, 6) is 0.758. The second-order valence-electron chi connectivity index (χ2n) is 10.2. The summed E-state index contributed by atoms with van der Waals surface area (Å²) in [6.45, 7) is 9.99. The Kier molecular flexibility index (Phi) is 6.25. The Morgan fingerprint density at radius 1 is 1.17 bits per heavy atom. The second kappa shape index (κ2) is 9.22. The number of anilines is 1. The van der Waals surface area contributed by atoms with Crippen LogP contribution >= 0.6 is 0 Å². The van der Waals surface area contributed by atoms with Crippen LogP contribution in [0.15, 0.2) is 34.3 Å². The molecule has 0 spiro atoms. The van der Waals surface area contributed by atoms with Crippen molar-refractivity contribution in [3.63, 3.8) is 0 Å². The number of amidine groups is 1. The van der Waals surface area contributed by atoms with Gasteiger partial charge in [-0.05, 0) is 46.1 Å². The van der Waals surface area contributed by atoms with Crippen LogP contribution in [0.2, 0.25) is 0 Å². The Hall–Kier alpha value is -3.01. The average Bonchev–Trinajstić information content (AvgIpc) is 3.59. The average molecular weight is 481 g/mol. The van der Waals surface area contributed by atoms with Crippen LogP contribution < -0.4 is 4.90 Å². The van der Waals surface area contributed by atoms with Gasteiger partial charge in [-0.2, -0.15) is 0 Å². The molecule has 2 fully saturated rings. The highest BCUT2D eigenvalue weighted by Crippen LogP contribution is 2.42. The predicted molar refractivity (Wildman–Crippen MR) is 135 cm³/mol. The molecule has 1 aromatic rings. The number of piperazine rings is 1. The van der Waals surface area contributed by atoms with E-state index in [0.29, 0.717) is 5.69 Å². The summed E-state index contributed by atoms with van der Waals surface area (Å²) >= 11 is 0. The van der Waals surface area contributed by atoms with Crippen LogP contribution in [0.4, 0.5) is 10.2 Å². The van der Waals surface area contributed by atoms with Crippen LogP contribution in [0, 0.1) is 16.7 Å². The van der Waals surface area contributed by atoms with Crippen molar-refractivity contribution < 1.29 is 9.13 Å². The Balaban J connectivity index is 1.26. The smallest absolute Gasteiger partial charge is 0.145 e. The van der Waals surface area contributed by atoms with Crippen LogP contribution in [-0.4, -0.2) is 88.3 Å². The lowest BCUT2D eigenvalue weighted by Gasteiger charge is -2.38. The molecule has 0 bridgehead atoms. The monoisotopic (exact) mass is 480 g/mol. The van der Waals surface area contributed by atoms with E-state index in [9.17, 15) is 4.39 Å². The molecular weight excluding hydrogens is 447 g/mol. The van der Waals surface area contributed by atoms with Gasteiger partial charge < -0.3 is 25.4 Å². The van der Waals surface area contributed by atoms with E-state index in [1.54, 1.807) is 0 Å². The zero-order valence-electron chi connectivity index (χ0n) is 20.6. The van der Waals surface area contributed by atoms with Gasteiger partial charge in [-0.15, -0.1) is 0 Å². The third-order valence-corrected chi connectivity index (χ3v) is 7.25. The van der Waals surface area contributed by atoms with Crippen LogP contribution in [-0.2, 0) is 4.74 Å². The maximum absolute atomic E-state index is 14.5. The number of ether oxygens (including phenoxy) is 1. The Morgan fingerprint density at radius 3 is 2.60 bits per heavy atom. The van der Waals surface area contributed by atoms with Crippen LogP contribution in [0.1, 0.15) is 45.7 Å². The van der Waals surface area contributed by atoms with Gasteiger partial charge in [0, 0.05) is 43.9 Å². The fourth-order valence-corrected chi connectivity index (χ4v) is 4.80. The highest BCUT2D eigenvalue weighted by Gasteiger charge is 2.44. The normalized spacial score (nSPS) is 28.3. The summed E-state index contributed by atoms with van der Waals surface area (Å²) < 4.78 is 20.4. The topological polar surface area (TPSA) is 114 Å². The van der Waals surface area contributed by atoms with Gasteiger partial charge in [0.1, 0.15) is 29.9 Å². The van der Waals surface area contributed by atoms with Crippen molar-refractivity contribution >= 4 is 28.8 Å². The van der Waals surface area contributed by atoms with Gasteiger partial charge in [0.2, 0.25) is 0 Å². The number of aliphatic imine (C=N–C) groups is 2. The molecule has 10 heteroatoms. The molecule has 35 heavy (non-hydrogen) atoms. The first kappa shape index (κ1) is 23.7. The summed E-state index contributed by atoms with van der Waals surface area (Å²) in [5, 5.41) is 17.1. The van der Waals surface area contributed by atoms with Crippen molar-refractivity contribution in [2.24, 2.45) is 15.9 Å². The largest absolute Gasteiger partial charge is 0.365 e. The van der Waals surface area contributed by atoms with Crippen molar-refractivity contribution in [2.45, 2.75) is 57.8 Å². The molecule has 1 saturated carbocycles. The zero-order valence-corrected chi connectivity index (χ0v) is 20.6. The molecular formula is C25H33FN8O. The molecule has 186 valence electrons. The van der Waals surface area contributed by atoms with E-state index in [2.05, 4.69) is 31.7 Å². The van der Waals surface area contributed by atoms with Crippen molar-refractivity contribution in [3.8, 4) is 0 Å². The fraction of sp³-hybridized carbons (Fsp3) is 0.600. The first-order chi connectivity index (χ1) is 16.7. The lowest BCUT2D eigenvalue weighted by molar-refractivity contribution is -0.0169. The maximum atomic E-state index is 14.5. The number of nitrogens with zero attached hydrogens (tertiary/aromatic N) is 6. The zero-order chi connectivity index (χ0) is 24.7. The van der Waals surface area contributed by atoms with Crippen molar-refractivity contribution in [1.29, 1.82) is 10.8 Å². The number of allylic oxidation sites excluding steroid dienone is 1. The van der Waals surface area contributed by atoms with Gasteiger partial charge in [-0.3, -0.25) is 9.98 Å². The molecule has 0 radical (unpaired) electrons. The van der Waals surface area contributed by atoms with Gasteiger partial charge in [0.25, 0.3) is 0 Å². The highest BCUT2D eigenvalue weighted by atomic mass is 19.1. The van der Waals surface area contributed by atoms with Gasteiger partial charge in [0.15, 0.2) is 0 Å². The number of nitrogens with one attached hydrogen (secondary N) is 2. The molecule has 2 aliphatic carbocycles. The van der Waals surface area contributed by atoms with E-state index in [0.717, 1.165) is 62.9 Å². The molecule has 0 amide bonds. The number of halogens is 1. The van der Waals surface area contributed by atoms with E-state index in [1.807, 2.05) is 19.9 Å². The van der Waals surface area contributed by atoms with E-state index >= 15 is 0 Å². The standard InChI is InChI=1S/C25H33FN8O/c1-15-13-29-16(2)24(32-15)34-8-6-33(7-9-34)22-12-20(30-14-31-22)23(28)17-10-21(18(26)11-19(17)27)35-25(3)4-5-25/h11-12,14-15,17,21,27-28H,4-10,13H2,1-3H3. The Bertz CT molecular complexity index is 1120. The fourth-order valence-electron chi connectivity index (χ4n) is 4.80. The van der Waals surface area contributed by atoms with Gasteiger partial charge >= 0.3 is 0 Å². The van der Waals surface area contributed by atoms with E-state index in [1.165, 1.54) is 12.4 Å². The van der Waals surface area contributed by atoms with Gasteiger partial charge in [-0.1, -0.05) is 0 Å². The van der Waals surface area contributed by atoms with Crippen LogP contribution in [0.25, 0.3) is 0 Å². The minimum absolute atomic E-state index is 0.0848. The molecule has 2 N–H and O–H groups in total. The molecule has 1 saturated heterocycles. The van der Waals surface area contributed by atoms with Crippen molar-refractivity contribution in [2.75, 3.05) is 37.6 Å². The number of aromatic nitrogens is 2. The maximum Gasteiger partial charge on any atom is 0.145 e. The molecule has 4 aliphatic rings. The molecule has 5 rings (SSSR count). The minimum Gasteiger partial charge on any atom is -0.365 e. The van der Waals surface area contributed by atoms with E-state index in [4.69, 9.17) is 20.5 Å². The van der Waals surface area contributed by atoms with E-state index in [-0.39, 0.29) is 29.5 Å². The summed E-state index contributed by atoms with van der Waals surface area (Å²) in [6.07, 6.45) is 4.04. The first-order valence-corrected chi connectivity index (χ1v) is 12.4. The van der Waals surface area contributed by atoms with Gasteiger partial charge in [0.05, 0.1) is 35.3 Å². The lowest BCUT2D eigenvalue weighted by Crippen LogP contribution is -2.51. The van der Waals surface area contributed by atoms with Crippen LogP contribution in [0.5, 0.6) is 0 Å². The first-order valence-electron chi connectivity index (χ1n) is 12.4. The summed E-state index contributed by atoms with van der Waals surface area (Å²) in [6, 6.07) is 2.02. The van der Waals surface area contributed by atoms with Crippen molar-refractivity contribution in [1.82, 2.24) is 14.9 Å². The number of hydrogen-bond acceptors (Lipinski definition) is 9. The molecule has 1 aromatic heterocycles. The second-order valence-corrected chi connectivity index (χ2v) is 10.2. The number of hydrogen-bond donors (Lipinski definition) is 2. The Labute approximate surface area is 205 Å². The predicted octanol–water partition coefficient (Wildman–Crippen LogP) is 3.06. The molecule has 9 nitrogen and oxygen atoms in total. The number of rotatable bonds is 5. The van der Waals surface area contributed by atoms with E-state index < -0.39 is 17.8 Å². The molecule has 0 aromatic carbocycles. The molecule has 3 unspecified atom stereocenters. The summed E-state index contributed by atoms with van der Waals surface area (Å²) in [7, 11) is 0. The SMILES string of the molecule is CC1=NCC(C)N=C1N1CCN(c2cc(C(=N)C3CC(OC4(C)CC4)C(F)=CC3=N)ncn2)CC1. The highest BCUT2D eigenvalue weighted by molar-refractivity contribution is 6.40. The third-order valence-electron chi connectivity index (χ3n) is 7.25. The van der Waals surface area contributed by atoms with Gasteiger partial charge in [-0.25, -0.2) is 14.4 Å². The van der Waals surface area contributed by atoms with Crippen LogP contribution in [0.3, 0.4) is 0 Å². The summed E-state index contributed by atoms with van der Waals surface area (Å²) in [4.78, 5) is 22.6. The Morgan fingerprint density at radius 2 is 1.89 bits per heavy atom.